The zero-order chi connectivity index (χ0) is 19.6. The van der Waals surface area contributed by atoms with E-state index in [1.165, 1.54) is 15.8 Å². The van der Waals surface area contributed by atoms with Crippen molar-refractivity contribution in [2.75, 3.05) is 11.9 Å². The SMILES string of the molecule is O=C(Nc1cc(Cl)cc(Cl)c1)C1CCCN1C(=O)Cn1cc([N+](=O)[O-])cn1. The predicted molar refractivity (Wildman–Crippen MR) is 98.7 cm³/mol. The van der Waals surface area contributed by atoms with E-state index < -0.39 is 11.0 Å². The van der Waals surface area contributed by atoms with Gasteiger partial charge in [0.05, 0.1) is 4.92 Å². The van der Waals surface area contributed by atoms with Crippen LogP contribution in [0.4, 0.5) is 11.4 Å². The number of rotatable bonds is 5. The number of hydrogen-bond acceptors (Lipinski definition) is 5. The minimum atomic E-state index is -0.638. The number of nitro groups is 1. The molecule has 27 heavy (non-hydrogen) atoms. The lowest BCUT2D eigenvalue weighted by Crippen LogP contribution is -2.44. The first-order chi connectivity index (χ1) is 12.8. The van der Waals surface area contributed by atoms with Gasteiger partial charge in [0.1, 0.15) is 25.0 Å². The quantitative estimate of drug-likeness (QED) is 0.600. The van der Waals surface area contributed by atoms with Crippen LogP contribution in [-0.4, -0.2) is 44.0 Å². The molecule has 1 aromatic carbocycles. The largest absolute Gasteiger partial charge is 0.329 e. The number of nitrogens with one attached hydrogen (secondary N) is 1. The van der Waals surface area contributed by atoms with Crippen molar-refractivity contribution in [3.05, 3.63) is 50.8 Å². The van der Waals surface area contributed by atoms with Crippen LogP contribution < -0.4 is 5.32 Å². The summed E-state index contributed by atoms with van der Waals surface area (Å²) in [6, 6.07) is 4.04. The van der Waals surface area contributed by atoms with Crippen LogP contribution in [0.2, 0.25) is 10.0 Å². The van der Waals surface area contributed by atoms with E-state index in [4.69, 9.17) is 23.2 Å². The maximum absolute atomic E-state index is 12.6. The summed E-state index contributed by atoms with van der Waals surface area (Å²) in [7, 11) is 0. The molecule has 0 bridgehead atoms. The lowest BCUT2D eigenvalue weighted by Gasteiger charge is -2.24. The fourth-order valence-corrected chi connectivity index (χ4v) is 3.48. The van der Waals surface area contributed by atoms with Gasteiger partial charge >= 0.3 is 5.69 Å². The summed E-state index contributed by atoms with van der Waals surface area (Å²) in [5.74, 6) is -0.680. The van der Waals surface area contributed by atoms with Gasteiger partial charge in [0.25, 0.3) is 0 Å². The van der Waals surface area contributed by atoms with E-state index in [0.717, 1.165) is 6.20 Å². The third-order valence-corrected chi connectivity index (χ3v) is 4.57. The van der Waals surface area contributed by atoms with Crippen molar-refractivity contribution in [1.82, 2.24) is 14.7 Å². The van der Waals surface area contributed by atoms with E-state index in [9.17, 15) is 19.7 Å². The Bertz CT molecular complexity index is 880. The number of amides is 2. The fraction of sp³-hybridized carbons (Fsp3) is 0.312. The number of nitrogens with zero attached hydrogens (tertiary/aromatic N) is 4. The number of hydrogen-bond donors (Lipinski definition) is 1. The highest BCUT2D eigenvalue weighted by molar-refractivity contribution is 6.35. The first-order valence-corrected chi connectivity index (χ1v) is 8.82. The Hall–Kier alpha value is -2.65. The maximum Gasteiger partial charge on any atom is 0.307 e. The van der Waals surface area contributed by atoms with Crippen molar-refractivity contribution in [2.45, 2.75) is 25.4 Å². The number of aromatic nitrogens is 2. The minimum absolute atomic E-state index is 0.180. The molecule has 9 nitrogen and oxygen atoms in total. The summed E-state index contributed by atoms with van der Waals surface area (Å²) in [5.41, 5.74) is 0.246. The van der Waals surface area contributed by atoms with Crippen molar-refractivity contribution < 1.29 is 14.5 Å². The molecule has 0 radical (unpaired) electrons. The van der Waals surface area contributed by atoms with E-state index in [-0.39, 0.29) is 24.0 Å². The van der Waals surface area contributed by atoms with Crippen LogP contribution in [0.1, 0.15) is 12.8 Å². The molecule has 2 heterocycles. The van der Waals surface area contributed by atoms with Crippen LogP contribution in [0.25, 0.3) is 0 Å². The summed E-state index contributed by atoms with van der Waals surface area (Å²) in [4.78, 5) is 36.7. The molecule has 142 valence electrons. The fourth-order valence-electron chi connectivity index (χ4n) is 2.95. The monoisotopic (exact) mass is 411 g/mol. The number of benzene rings is 1. The van der Waals surface area contributed by atoms with Crippen molar-refractivity contribution in [1.29, 1.82) is 0 Å². The van der Waals surface area contributed by atoms with Crippen LogP contribution >= 0.6 is 23.2 Å². The summed E-state index contributed by atoms with van der Waals surface area (Å²) >= 11 is 11.9. The Morgan fingerprint density at radius 1 is 1.30 bits per heavy atom. The van der Waals surface area contributed by atoms with Crippen LogP contribution in [0.3, 0.4) is 0 Å². The van der Waals surface area contributed by atoms with E-state index >= 15 is 0 Å². The van der Waals surface area contributed by atoms with Crippen molar-refractivity contribution in [2.24, 2.45) is 0 Å². The molecule has 1 saturated heterocycles. The first-order valence-electron chi connectivity index (χ1n) is 8.07. The molecule has 2 amide bonds. The van der Waals surface area contributed by atoms with Gasteiger partial charge in [-0.15, -0.1) is 0 Å². The van der Waals surface area contributed by atoms with Gasteiger partial charge in [-0.1, -0.05) is 23.2 Å². The van der Waals surface area contributed by atoms with Crippen LogP contribution in [0.5, 0.6) is 0 Å². The van der Waals surface area contributed by atoms with Crippen molar-refractivity contribution in [3.8, 4) is 0 Å². The topological polar surface area (TPSA) is 110 Å². The lowest BCUT2D eigenvalue weighted by atomic mass is 10.2. The minimum Gasteiger partial charge on any atom is -0.329 e. The molecule has 1 N–H and O–H groups in total. The molecular formula is C16H15Cl2N5O4. The van der Waals surface area contributed by atoms with Gasteiger partial charge < -0.3 is 10.2 Å². The number of carbonyl (C=O) groups excluding carboxylic acids is 2. The molecule has 2 aromatic rings. The standard InChI is InChI=1S/C16H15Cl2N5O4/c17-10-4-11(18)6-12(5-10)20-16(25)14-2-1-3-22(14)15(24)9-21-8-13(7-19-21)23(26)27/h4-8,14H,1-3,9H2,(H,20,25). The zero-order valence-corrected chi connectivity index (χ0v) is 15.5. The van der Waals surface area contributed by atoms with Gasteiger partial charge in [-0.3, -0.25) is 24.4 Å². The first kappa shape index (κ1) is 19.1. The highest BCUT2D eigenvalue weighted by atomic mass is 35.5. The number of halogens is 2. The molecule has 0 aliphatic carbocycles. The van der Waals surface area contributed by atoms with E-state index in [1.54, 1.807) is 18.2 Å². The van der Waals surface area contributed by atoms with E-state index in [2.05, 4.69) is 10.4 Å². The summed E-state index contributed by atoms with van der Waals surface area (Å²) in [5, 5.41) is 18.0. The molecule has 1 aliphatic rings. The Morgan fingerprint density at radius 3 is 2.63 bits per heavy atom. The highest BCUT2D eigenvalue weighted by Crippen LogP contribution is 2.24. The molecule has 1 unspecified atom stereocenters. The molecule has 1 aromatic heterocycles. The zero-order valence-electron chi connectivity index (χ0n) is 14.0. The van der Waals surface area contributed by atoms with Crippen LogP contribution in [-0.2, 0) is 16.1 Å². The second-order valence-corrected chi connectivity index (χ2v) is 6.92. The molecule has 1 aliphatic heterocycles. The third-order valence-electron chi connectivity index (χ3n) is 4.13. The normalized spacial score (nSPS) is 16.4. The maximum atomic E-state index is 12.6. The Morgan fingerprint density at radius 2 is 2.00 bits per heavy atom. The second kappa shape index (κ2) is 7.93. The highest BCUT2D eigenvalue weighted by Gasteiger charge is 2.34. The summed E-state index contributed by atoms with van der Waals surface area (Å²) < 4.78 is 1.19. The van der Waals surface area contributed by atoms with Crippen LogP contribution in [0.15, 0.2) is 30.6 Å². The average molecular weight is 412 g/mol. The number of anilines is 1. The Labute approximate surface area is 164 Å². The molecule has 1 atom stereocenters. The average Bonchev–Trinajstić information content (AvgIpc) is 3.22. The smallest absolute Gasteiger partial charge is 0.307 e. The van der Waals surface area contributed by atoms with Crippen molar-refractivity contribution >= 4 is 46.4 Å². The van der Waals surface area contributed by atoms with E-state index in [0.29, 0.717) is 35.1 Å². The molecular weight excluding hydrogens is 397 g/mol. The third kappa shape index (κ3) is 4.55. The molecule has 3 rings (SSSR count). The molecule has 0 spiro atoms. The molecule has 1 fully saturated rings. The van der Waals surface area contributed by atoms with Crippen molar-refractivity contribution in [3.63, 3.8) is 0 Å². The lowest BCUT2D eigenvalue weighted by molar-refractivity contribution is -0.385. The predicted octanol–water partition coefficient (Wildman–Crippen LogP) is 2.73. The van der Waals surface area contributed by atoms with Crippen LogP contribution in [0, 0.1) is 10.1 Å². The number of carbonyl (C=O) groups is 2. The summed E-state index contributed by atoms with van der Waals surface area (Å²) in [6.07, 6.45) is 3.45. The molecule has 0 saturated carbocycles. The van der Waals surface area contributed by atoms with Gasteiger partial charge in [-0.2, -0.15) is 5.10 Å². The van der Waals surface area contributed by atoms with Gasteiger partial charge in [0.15, 0.2) is 0 Å². The Kier molecular flexibility index (Phi) is 5.62. The Balaban J connectivity index is 1.67. The molecule has 11 heteroatoms. The van der Waals surface area contributed by atoms with Gasteiger partial charge in [0.2, 0.25) is 11.8 Å². The summed E-state index contributed by atoms with van der Waals surface area (Å²) in [6.45, 7) is 0.247. The second-order valence-electron chi connectivity index (χ2n) is 6.05. The van der Waals surface area contributed by atoms with Gasteiger partial charge in [0, 0.05) is 22.3 Å². The van der Waals surface area contributed by atoms with Gasteiger partial charge in [-0.25, -0.2) is 0 Å². The van der Waals surface area contributed by atoms with Gasteiger partial charge in [-0.05, 0) is 31.0 Å². The van der Waals surface area contributed by atoms with E-state index in [1.807, 2.05) is 0 Å². The number of likely N-dealkylation sites (tertiary alicyclic amines) is 1.